The van der Waals surface area contributed by atoms with Crippen LogP contribution in [0, 0.1) is 13.8 Å². The lowest BCUT2D eigenvalue weighted by Gasteiger charge is -2.29. The zero-order valence-corrected chi connectivity index (χ0v) is 17.3. The lowest BCUT2D eigenvalue weighted by Crippen LogP contribution is -2.46. The molecule has 2 saturated heterocycles. The van der Waals surface area contributed by atoms with Gasteiger partial charge in [-0.15, -0.1) is 23.1 Å². The summed E-state index contributed by atoms with van der Waals surface area (Å²) >= 11 is 3.07. The van der Waals surface area contributed by atoms with Gasteiger partial charge in [0, 0.05) is 17.1 Å². The molecule has 3 atom stereocenters. The Morgan fingerprint density at radius 1 is 1.41 bits per heavy atom. The molecule has 2 fully saturated rings. The third-order valence-electron chi connectivity index (χ3n) is 5.45. The largest absolute Gasteiger partial charge is 0.453 e. The summed E-state index contributed by atoms with van der Waals surface area (Å²) in [5, 5.41) is 0.588. The number of aryl methyl sites for hydroxylation is 2. The lowest BCUT2D eigenvalue weighted by molar-refractivity contribution is -0.158. The molecule has 0 bridgehead atoms. The van der Waals surface area contributed by atoms with E-state index in [9.17, 15) is 14.4 Å². The molecule has 0 radical (unpaired) electrons. The minimum atomic E-state index is -0.702. The molecule has 0 saturated carbocycles. The van der Waals surface area contributed by atoms with Crippen LogP contribution in [0.25, 0.3) is 10.2 Å². The summed E-state index contributed by atoms with van der Waals surface area (Å²) < 4.78 is 5.59. The van der Waals surface area contributed by atoms with Gasteiger partial charge in [0.1, 0.15) is 10.9 Å². The predicted molar refractivity (Wildman–Crippen MR) is 105 cm³/mol. The number of hydrogen-bond acceptors (Lipinski definition) is 7. The summed E-state index contributed by atoms with van der Waals surface area (Å²) in [5.74, 6) is 0.396. The van der Waals surface area contributed by atoms with Crippen molar-refractivity contribution in [1.82, 2.24) is 14.9 Å². The van der Waals surface area contributed by atoms with Crippen molar-refractivity contribution in [3.8, 4) is 0 Å². The summed E-state index contributed by atoms with van der Waals surface area (Å²) in [6.07, 6.45) is 0.510. The van der Waals surface area contributed by atoms with Crippen LogP contribution in [0.4, 0.5) is 0 Å². The van der Waals surface area contributed by atoms with Crippen LogP contribution in [0.3, 0.4) is 0 Å². The van der Waals surface area contributed by atoms with Crippen molar-refractivity contribution in [1.29, 1.82) is 0 Å². The molecule has 0 aliphatic carbocycles. The number of fused-ring (bicyclic) bond motifs is 2. The number of nitrogens with zero attached hydrogens (tertiary/aromatic N) is 2. The number of ether oxygens (including phenoxy) is 1. The molecule has 4 rings (SSSR count). The number of hydrogen-bond donors (Lipinski definition) is 1. The highest BCUT2D eigenvalue weighted by Gasteiger charge is 2.53. The van der Waals surface area contributed by atoms with E-state index in [-0.39, 0.29) is 16.3 Å². The second-order valence-electron chi connectivity index (χ2n) is 7.26. The number of thioether (sulfide) groups is 1. The van der Waals surface area contributed by atoms with Crippen LogP contribution in [0.15, 0.2) is 4.79 Å². The normalized spacial score (nSPS) is 25.9. The summed E-state index contributed by atoms with van der Waals surface area (Å²) in [5.41, 5.74) is 0.702. The molecular formula is C18H21N3O4S2. The summed E-state index contributed by atoms with van der Waals surface area (Å²) in [6.45, 7) is 7.53. The van der Waals surface area contributed by atoms with Crippen molar-refractivity contribution in [2.45, 2.75) is 57.6 Å². The number of nitrogens with one attached hydrogen (secondary N) is 1. The number of rotatable bonds is 3. The lowest BCUT2D eigenvalue weighted by atomic mass is 10.2. The van der Waals surface area contributed by atoms with E-state index in [4.69, 9.17) is 4.74 Å². The first-order valence-corrected chi connectivity index (χ1v) is 10.7. The Labute approximate surface area is 164 Å². The molecule has 2 aromatic rings. The molecule has 0 unspecified atom stereocenters. The van der Waals surface area contributed by atoms with Crippen LogP contribution in [0.1, 0.15) is 49.1 Å². The maximum absolute atomic E-state index is 12.7. The van der Waals surface area contributed by atoms with E-state index in [0.29, 0.717) is 28.2 Å². The Balaban J connectivity index is 1.57. The fourth-order valence-corrected chi connectivity index (χ4v) is 6.22. The number of thiophene rings is 1. The van der Waals surface area contributed by atoms with E-state index >= 15 is 0 Å². The second-order valence-corrected chi connectivity index (χ2v) is 9.96. The highest BCUT2D eigenvalue weighted by molar-refractivity contribution is 8.01. The smallest absolute Gasteiger partial charge is 0.330 e. The number of H-pyrrole nitrogens is 1. The SMILES string of the molecule is Cc1sc2nc([C@@H](C)OC(=O)[C@H]3CS[C@@]4(C)CCC(=O)N34)[nH]c(=O)c2c1C. The molecule has 4 heterocycles. The maximum atomic E-state index is 12.7. The van der Waals surface area contributed by atoms with Crippen molar-refractivity contribution >= 4 is 45.2 Å². The van der Waals surface area contributed by atoms with Gasteiger partial charge in [-0.2, -0.15) is 0 Å². The van der Waals surface area contributed by atoms with Crippen LogP contribution in [0.5, 0.6) is 0 Å². The van der Waals surface area contributed by atoms with Crippen molar-refractivity contribution in [2.24, 2.45) is 0 Å². The molecule has 7 nitrogen and oxygen atoms in total. The number of carbonyl (C=O) groups excluding carboxylic acids is 2. The van der Waals surface area contributed by atoms with Gasteiger partial charge in [0.15, 0.2) is 11.9 Å². The zero-order valence-electron chi connectivity index (χ0n) is 15.6. The number of aromatic amines is 1. The molecule has 9 heteroatoms. The van der Waals surface area contributed by atoms with Crippen LogP contribution >= 0.6 is 23.1 Å². The van der Waals surface area contributed by atoms with Gasteiger partial charge in [0.25, 0.3) is 5.56 Å². The average molecular weight is 408 g/mol. The first kappa shape index (κ1) is 18.5. The van der Waals surface area contributed by atoms with E-state index in [2.05, 4.69) is 9.97 Å². The van der Waals surface area contributed by atoms with E-state index < -0.39 is 18.1 Å². The Morgan fingerprint density at radius 3 is 2.89 bits per heavy atom. The molecule has 0 spiro atoms. The van der Waals surface area contributed by atoms with Gasteiger partial charge in [-0.1, -0.05) is 0 Å². The van der Waals surface area contributed by atoms with Gasteiger partial charge in [-0.25, -0.2) is 9.78 Å². The highest BCUT2D eigenvalue weighted by atomic mass is 32.2. The van der Waals surface area contributed by atoms with Crippen molar-refractivity contribution in [3.63, 3.8) is 0 Å². The summed E-state index contributed by atoms with van der Waals surface area (Å²) in [4.78, 5) is 47.6. The standard InChI is InChI=1S/C18H21N3O4S2/c1-8-10(3)27-16-13(8)15(23)19-14(20-16)9(2)25-17(24)11-7-26-18(4)6-5-12(22)21(11)18/h9,11H,5-7H2,1-4H3,(H,19,20,23)/t9-,11-,18+/m1/s1. The second kappa shape index (κ2) is 6.34. The van der Waals surface area contributed by atoms with Gasteiger partial charge < -0.3 is 14.6 Å². The minimum Gasteiger partial charge on any atom is -0.453 e. The average Bonchev–Trinajstić information content (AvgIpc) is 3.20. The Hall–Kier alpha value is -1.87. The molecule has 2 aliphatic rings. The Kier molecular flexibility index (Phi) is 4.34. The number of amides is 1. The molecule has 27 heavy (non-hydrogen) atoms. The van der Waals surface area contributed by atoms with Gasteiger partial charge >= 0.3 is 5.97 Å². The molecule has 2 aromatic heterocycles. The van der Waals surface area contributed by atoms with E-state index in [1.165, 1.54) is 11.3 Å². The van der Waals surface area contributed by atoms with Crippen molar-refractivity contribution in [2.75, 3.05) is 5.75 Å². The third-order valence-corrected chi connectivity index (χ3v) is 8.06. The first-order chi connectivity index (χ1) is 12.7. The summed E-state index contributed by atoms with van der Waals surface area (Å²) in [6, 6.07) is -0.584. The number of carbonyl (C=O) groups is 2. The van der Waals surface area contributed by atoms with Gasteiger partial charge in [-0.05, 0) is 39.7 Å². The monoisotopic (exact) mass is 407 g/mol. The summed E-state index contributed by atoms with van der Waals surface area (Å²) in [7, 11) is 0. The Morgan fingerprint density at radius 2 is 2.15 bits per heavy atom. The molecular weight excluding hydrogens is 386 g/mol. The molecule has 2 aliphatic heterocycles. The topological polar surface area (TPSA) is 92.4 Å². The minimum absolute atomic E-state index is 0.00501. The zero-order chi connectivity index (χ0) is 19.5. The van der Waals surface area contributed by atoms with Gasteiger partial charge in [-0.3, -0.25) is 9.59 Å². The van der Waals surface area contributed by atoms with E-state index in [1.807, 2.05) is 20.8 Å². The number of aromatic nitrogens is 2. The highest BCUT2D eigenvalue weighted by Crippen LogP contribution is 2.47. The van der Waals surface area contributed by atoms with Crippen molar-refractivity contribution < 1.29 is 14.3 Å². The fraction of sp³-hybridized carbons (Fsp3) is 0.556. The maximum Gasteiger partial charge on any atom is 0.330 e. The number of esters is 1. The van der Waals surface area contributed by atoms with Crippen LogP contribution < -0.4 is 5.56 Å². The molecule has 1 N–H and O–H groups in total. The van der Waals surface area contributed by atoms with Crippen LogP contribution in [0.2, 0.25) is 0 Å². The molecule has 1 amide bonds. The third kappa shape index (κ3) is 2.87. The van der Waals surface area contributed by atoms with E-state index in [1.54, 1.807) is 23.6 Å². The van der Waals surface area contributed by atoms with Crippen LogP contribution in [-0.2, 0) is 14.3 Å². The van der Waals surface area contributed by atoms with Crippen molar-refractivity contribution in [3.05, 3.63) is 26.6 Å². The molecule has 144 valence electrons. The first-order valence-electron chi connectivity index (χ1n) is 8.88. The molecule has 0 aromatic carbocycles. The van der Waals surface area contributed by atoms with Crippen LogP contribution in [-0.4, -0.2) is 43.4 Å². The predicted octanol–water partition coefficient (Wildman–Crippen LogP) is 2.66. The quantitative estimate of drug-likeness (QED) is 0.787. The van der Waals surface area contributed by atoms with E-state index in [0.717, 1.165) is 16.9 Å². The van der Waals surface area contributed by atoms with Gasteiger partial charge in [0.05, 0.1) is 10.3 Å². The van der Waals surface area contributed by atoms with Gasteiger partial charge in [0.2, 0.25) is 5.91 Å². The Bertz CT molecular complexity index is 1010. The fourth-order valence-electron chi connectivity index (χ4n) is 3.77.